The zero-order valence-electron chi connectivity index (χ0n) is 16.8. The summed E-state index contributed by atoms with van der Waals surface area (Å²) in [5.41, 5.74) is 2.24. The minimum absolute atomic E-state index is 0.0653. The molecule has 2 aliphatic rings. The van der Waals surface area contributed by atoms with Crippen LogP contribution in [0.3, 0.4) is 0 Å². The van der Waals surface area contributed by atoms with Gasteiger partial charge in [0.1, 0.15) is 12.4 Å². The lowest BCUT2D eigenvalue weighted by molar-refractivity contribution is -0.142. The second-order valence-electron chi connectivity index (χ2n) is 7.55. The number of ether oxygens (including phenoxy) is 3. The Morgan fingerprint density at radius 2 is 1.83 bits per heavy atom. The molecule has 1 saturated heterocycles. The Balaban J connectivity index is 1.68. The molecule has 1 atom stereocenters. The van der Waals surface area contributed by atoms with E-state index in [0.29, 0.717) is 36.1 Å². The van der Waals surface area contributed by atoms with Gasteiger partial charge in [0.15, 0.2) is 0 Å². The molecule has 30 heavy (non-hydrogen) atoms. The second kappa shape index (κ2) is 9.06. The molecule has 2 aromatic carbocycles. The summed E-state index contributed by atoms with van der Waals surface area (Å²) in [6.07, 6.45) is 1.44. The Kier molecular flexibility index (Phi) is 6.25. The topological polar surface area (TPSA) is 65.1 Å². The van der Waals surface area contributed by atoms with E-state index >= 15 is 0 Å². The Bertz CT molecular complexity index is 924. The third-order valence-electron chi connectivity index (χ3n) is 5.71. The van der Waals surface area contributed by atoms with Crippen LogP contribution in [0.4, 0.5) is 0 Å². The third-order valence-corrected chi connectivity index (χ3v) is 5.96. The van der Waals surface area contributed by atoms with Crippen LogP contribution in [-0.4, -0.2) is 43.7 Å². The highest BCUT2D eigenvalue weighted by Gasteiger charge is 2.34. The van der Waals surface area contributed by atoms with E-state index in [4.69, 9.17) is 25.8 Å². The molecule has 0 aromatic heterocycles. The predicted molar refractivity (Wildman–Crippen MR) is 112 cm³/mol. The fraction of sp³-hybridized carbons (Fsp3) is 0.391. The second-order valence-corrected chi connectivity index (χ2v) is 7.98. The van der Waals surface area contributed by atoms with Gasteiger partial charge in [-0.05, 0) is 42.7 Å². The van der Waals surface area contributed by atoms with Crippen LogP contribution in [0.2, 0.25) is 5.02 Å². The first kappa shape index (κ1) is 20.7. The molecule has 2 heterocycles. The molecular formula is C23H24ClNO5. The summed E-state index contributed by atoms with van der Waals surface area (Å²) in [6, 6.07) is 12.5. The smallest absolute Gasteiger partial charge is 0.337 e. The van der Waals surface area contributed by atoms with Gasteiger partial charge in [0, 0.05) is 29.7 Å². The van der Waals surface area contributed by atoms with E-state index < -0.39 is 5.97 Å². The maximum Gasteiger partial charge on any atom is 0.337 e. The average molecular weight is 430 g/mol. The van der Waals surface area contributed by atoms with Crippen LogP contribution in [0.25, 0.3) is 0 Å². The summed E-state index contributed by atoms with van der Waals surface area (Å²) in [5.74, 6) is 0.213. The number of nitrogens with zero attached hydrogens (tertiary/aromatic N) is 1. The fourth-order valence-corrected chi connectivity index (χ4v) is 4.11. The van der Waals surface area contributed by atoms with Crippen molar-refractivity contribution in [3.05, 3.63) is 64.2 Å². The van der Waals surface area contributed by atoms with Crippen LogP contribution >= 0.6 is 11.6 Å². The molecule has 0 N–H and O–H groups in total. The molecule has 1 amide bonds. The minimum atomic E-state index is -0.421. The molecule has 7 heteroatoms. The molecule has 2 aliphatic heterocycles. The normalized spacial score (nSPS) is 19.4. The van der Waals surface area contributed by atoms with Crippen LogP contribution in [0, 0.1) is 5.92 Å². The highest BCUT2D eigenvalue weighted by molar-refractivity contribution is 6.30. The van der Waals surface area contributed by atoms with E-state index in [2.05, 4.69) is 0 Å². The van der Waals surface area contributed by atoms with E-state index in [9.17, 15) is 9.59 Å². The van der Waals surface area contributed by atoms with Gasteiger partial charge in [-0.25, -0.2) is 4.79 Å². The van der Waals surface area contributed by atoms with Gasteiger partial charge in [-0.3, -0.25) is 4.79 Å². The molecule has 0 saturated carbocycles. The molecule has 1 fully saturated rings. The Hall–Kier alpha value is -2.57. The number of hydrogen-bond donors (Lipinski definition) is 0. The van der Waals surface area contributed by atoms with Gasteiger partial charge >= 0.3 is 5.97 Å². The highest BCUT2D eigenvalue weighted by Crippen LogP contribution is 2.35. The van der Waals surface area contributed by atoms with Crippen molar-refractivity contribution in [1.29, 1.82) is 0 Å². The van der Waals surface area contributed by atoms with Gasteiger partial charge < -0.3 is 19.1 Å². The molecular weight excluding hydrogens is 406 g/mol. The number of carbonyl (C=O) groups excluding carboxylic acids is 2. The monoisotopic (exact) mass is 429 g/mol. The first-order valence-electron chi connectivity index (χ1n) is 10.0. The molecule has 0 spiro atoms. The van der Waals surface area contributed by atoms with Crippen molar-refractivity contribution in [3.8, 4) is 5.75 Å². The highest BCUT2D eigenvalue weighted by atomic mass is 35.5. The minimum Gasteiger partial charge on any atom is -0.491 e. The maximum absolute atomic E-state index is 13.5. The van der Waals surface area contributed by atoms with E-state index in [-0.39, 0.29) is 24.5 Å². The zero-order valence-corrected chi connectivity index (χ0v) is 17.6. The lowest BCUT2D eigenvalue weighted by Crippen LogP contribution is -2.41. The van der Waals surface area contributed by atoms with Gasteiger partial charge in [-0.2, -0.15) is 0 Å². The summed E-state index contributed by atoms with van der Waals surface area (Å²) in [6.45, 7) is 1.89. The standard InChI is InChI=1S/C23H24ClNO5/c1-28-23(27)17-2-3-18-13-25(22(26)16-8-10-29-11-9-16)20(14-30-21(18)12-17)15-4-6-19(24)7-5-15/h2-7,12,16,20H,8-11,13-14H2,1H3. The molecule has 158 valence electrons. The van der Waals surface area contributed by atoms with Crippen LogP contribution in [0.5, 0.6) is 5.75 Å². The summed E-state index contributed by atoms with van der Waals surface area (Å²) in [7, 11) is 1.35. The van der Waals surface area contributed by atoms with Crippen LogP contribution in [-0.2, 0) is 20.8 Å². The average Bonchev–Trinajstić information content (AvgIpc) is 2.98. The zero-order chi connectivity index (χ0) is 21.1. The molecule has 4 rings (SSSR count). The van der Waals surface area contributed by atoms with E-state index in [0.717, 1.165) is 24.0 Å². The van der Waals surface area contributed by atoms with Crippen molar-refractivity contribution in [2.75, 3.05) is 26.9 Å². The fourth-order valence-electron chi connectivity index (χ4n) is 3.99. The van der Waals surface area contributed by atoms with Crippen LogP contribution < -0.4 is 4.74 Å². The van der Waals surface area contributed by atoms with Crippen LogP contribution in [0.1, 0.15) is 40.4 Å². The number of rotatable bonds is 3. The van der Waals surface area contributed by atoms with Crippen molar-refractivity contribution in [2.24, 2.45) is 5.92 Å². The van der Waals surface area contributed by atoms with Gasteiger partial charge in [-0.15, -0.1) is 0 Å². The van der Waals surface area contributed by atoms with Gasteiger partial charge in [0.05, 0.1) is 25.3 Å². The SMILES string of the molecule is COC(=O)c1ccc2c(c1)OCC(c1ccc(Cl)cc1)N(C(=O)C1CCOCC1)C2. The van der Waals surface area contributed by atoms with Crippen molar-refractivity contribution in [2.45, 2.75) is 25.4 Å². The number of benzene rings is 2. The third kappa shape index (κ3) is 4.30. The molecule has 1 unspecified atom stereocenters. The number of carbonyl (C=O) groups is 2. The lowest BCUT2D eigenvalue weighted by Gasteiger charge is -2.34. The molecule has 0 aliphatic carbocycles. The predicted octanol–water partition coefficient (Wildman–Crippen LogP) is 4.02. The molecule has 2 aromatic rings. The Labute approximate surface area is 180 Å². The van der Waals surface area contributed by atoms with E-state index in [1.807, 2.05) is 35.2 Å². The van der Waals surface area contributed by atoms with E-state index in [1.54, 1.807) is 12.1 Å². The molecule has 0 radical (unpaired) electrons. The van der Waals surface area contributed by atoms with Gasteiger partial charge in [-0.1, -0.05) is 29.8 Å². The van der Waals surface area contributed by atoms with Crippen LogP contribution in [0.15, 0.2) is 42.5 Å². The first-order valence-corrected chi connectivity index (χ1v) is 10.4. The number of halogens is 1. The lowest BCUT2D eigenvalue weighted by atomic mass is 9.96. The number of fused-ring (bicyclic) bond motifs is 1. The number of methoxy groups -OCH3 is 1. The van der Waals surface area contributed by atoms with Crippen molar-refractivity contribution < 1.29 is 23.8 Å². The maximum atomic E-state index is 13.5. The largest absolute Gasteiger partial charge is 0.491 e. The van der Waals surface area contributed by atoms with Gasteiger partial charge in [0.2, 0.25) is 5.91 Å². The summed E-state index contributed by atoms with van der Waals surface area (Å²) < 4.78 is 16.3. The molecule has 0 bridgehead atoms. The first-order chi connectivity index (χ1) is 14.6. The quantitative estimate of drug-likeness (QED) is 0.689. The van der Waals surface area contributed by atoms with E-state index in [1.165, 1.54) is 7.11 Å². The summed E-state index contributed by atoms with van der Waals surface area (Å²) in [4.78, 5) is 27.3. The summed E-state index contributed by atoms with van der Waals surface area (Å²) >= 11 is 6.07. The number of hydrogen-bond acceptors (Lipinski definition) is 5. The summed E-state index contributed by atoms with van der Waals surface area (Å²) in [5, 5.41) is 0.640. The van der Waals surface area contributed by atoms with Crippen molar-refractivity contribution >= 4 is 23.5 Å². The number of amides is 1. The Morgan fingerprint density at radius 1 is 1.10 bits per heavy atom. The van der Waals surface area contributed by atoms with Crippen molar-refractivity contribution in [1.82, 2.24) is 4.90 Å². The number of esters is 1. The Morgan fingerprint density at radius 3 is 2.53 bits per heavy atom. The van der Waals surface area contributed by atoms with Crippen molar-refractivity contribution in [3.63, 3.8) is 0 Å². The molecule has 6 nitrogen and oxygen atoms in total. The van der Waals surface area contributed by atoms with Gasteiger partial charge in [0.25, 0.3) is 0 Å².